The van der Waals surface area contributed by atoms with Crippen molar-refractivity contribution in [1.29, 1.82) is 0 Å². The molecule has 0 saturated carbocycles. The molecule has 1 aromatic carbocycles. The van der Waals surface area contributed by atoms with E-state index in [1.54, 1.807) is 47.0 Å². The molecule has 0 radical (unpaired) electrons. The molecule has 24 heavy (non-hydrogen) atoms. The molecule has 5 nitrogen and oxygen atoms in total. The topological polar surface area (TPSA) is 68.2 Å². The molecule has 0 saturated heterocycles. The van der Waals surface area contributed by atoms with Crippen LogP contribution in [0.2, 0.25) is 0 Å². The average molecular weight is 344 g/mol. The zero-order valence-corrected chi connectivity index (χ0v) is 14.1. The van der Waals surface area contributed by atoms with Gasteiger partial charge < -0.3 is 4.57 Å². The minimum absolute atomic E-state index is 0.0445. The molecular formula is C18H20N2O3S. The van der Waals surface area contributed by atoms with Gasteiger partial charge in [0, 0.05) is 24.3 Å². The van der Waals surface area contributed by atoms with Crippen molar-refractivity contribution >= 4 is 10.0 Å². The Morgan fingerprint density at radius 2 is 1.96 bits per heavy atom. The second-order valence-corrected chi connectivity index (χ2v) is 7.63. The van der Waals surface area contributed by atoms with Gasteiger partial charge in [-0.05, 0) is 37.0 Å². The third-order valence-corrected chi connectivity index (χ3v) is 5.81. The lowest BCUT2D eigenvalue weighted by molar-refractivity contribution is 0.490. The van der Waals surface area contributed by atoms with Gasteiger partial charge in [0.05, 0.1) is 4.90 Å². The lowest BCUT2D eigenvalue weighted by atomic mass is 9.92. The van der Waals surface area contributed by atoms with Gasteiger partial charge >= 0.3 is 0 Å². The predicted molar refractivity (Wildman–Crippen MR) is 93.5 cm³/mol. The van der Waals surface area contributed by atoms with E-state index in [2.05, 4.69) is 11.3 Å². The molecule has 1 N–H and O–H groups in total. The van der Waals surface area contributed by atoms with Gasteiger partial charge in [-0.15, -0.1) is 6.58 Å². The summed E-state index contributed by atoms with van der Waals surface area (Å²) in [5, 5.41) is 0. The molecule has 0 amide bonds. The van der Waals surface area contributed by atoms with E-state index in [-0.39, 0.29) is 16.5 Å². The Morgan fingerprint density at radius 1 is 1.21 bits per heavy atom. The lowest BCUT2D eigenvalue weighted by Gasteiger charge is -2.27. The van der Waals surface area contributed by atoms with Crippen LogP contribution in [-0.2, 0) is 29.4 Å². The number of hydrogen-bond acceptors (Lipinski definition) is 3. The van der Waals surface area contributed by atoms with Crippen LogP contribution in [0.5, 0.6) is 0 Å². The average Bonchev–Trinajstić information content (AvgIpc) is 2.58. The number of fused-ring (bicyclic) bond motifs is 1. The molecule has 1 heterocycles. The largest absolute Gasteiger partial charge is 0.309 e. The van der Waals surface area contributed by atoms with E-state index >= 15 is 0 Å². The predicted octanol–water partition coefficient (Wildman–Crippen LogP) is 1.87. The molecule has 2 aromatic rings. The van der Waals surface area contributed by atoms with E-state index in [4.69, 9.17) is 0 Å². The number of nitrogens with one attached hydrogen (secondary N) is 1. The first-order valence-electron chi connectivity index (χ1n) is 7.91. The van der Waals surface area contributed by atoms with Crippen molar-refractivity contribution in [3.8, 4) is 0 Å². The van der Waals surface area contributed by atoms with Crippen LogP contribution in [0, 0.1) is 0 Å². The van der Waals surface area contributed by atoms with Crippen LogP contribution in [0.15, 0.2) is 64.8 Å². The summed E-state index contributed by atoms with van der Waals surface area (Å²) < 4.78 is 29.4. The van der Waals surface area contributed by atoms with Gasteiger partial charge in [0.2, 0.25) is 10.0 Å². The van der Waals surface area contributed by atoms with Gasteiger partial charge in [-0.3, -0.25) is 4.79 Å². The molecular weight excluding hydrogens is 324 g/mol. The summed E-state index contributed by atoms with van der Waals surface area (Å²) in [6.07, 6.45) is 3.62. The third-order valence-electron chi connectivity index (χ3n) is 4.27. The Kier molecular flexibility index (Phi) is 4.69. The van der Waals surface area contributed by atoms with Gasteiger partial charge in [0.1, 0.15) is 0 Å². The summed E-state index contributed by atoms with van der Waals surface area (Å²) in [6.45, 7) is 4.17. The Bertz CT molecular complexity index is 902. The third kappa shape index (κ3) is 3.34. The minimum atomic E-state index is -3.53. The van der Waals surface area contributed by atoms with E-state index in [9.17, 15) is 13.2 Å². The highest BCUT2D eigenvalue weighted by atomic mass is 32.2. The van der Waals surface area contributed by atoms with E-state index in [0.717, 1.165) is 11.3 Å². The van der Waals surface area contributed by atoms with Crippen molar-refractivity contribution in [3.63, 3.8) is 0 Å². The SMILES string of the molecule is C=CCn1c2c(ccc1=O)CC(NS(=O)(=O)c1ccccc1)CC2. The van der Waals surface area contributed by atoms with Gasteiger partial charge in [-0.25, -0.2) is 13.1 Å². The van der Waals surface area contributed by atoms with Crippen LogP contribution in [0.3, 0.4) is 0 Å². The summed E-state index contributed by atoms with van der Waals surface area (Å²) >= 11 is 0. The molecule has 1 aliphatic carbocycles. The molecule has 0 fully saturated rings. The Morgan fingerprint density at radius 3 is 2.67 bits per heavy atom. The van der Waals surface area contributed by atoms with Crippen LogP contribution in [0.4, 0.5) is 0 Å². The zero-order valence-electron chi connectivity index (χ0n) is 13.3. The van der Waals surface area contributed by atoms with E-state index in [0.29, 0.717) is 25.8 Å². The summed E-state index contributed by atoms with van der Waals surface area (Å²) in [7, 11) is -3.53. The summed E-state index contributed by atoms with van der Waals surface area (Å²) in [6, 6.07) is 11.5. The molecule has 1 atom stereocenters. The standard InChI is InChI=1S/C18H20N2O3S/c1-2-12-20-17-10-9-15(13-14(17)8-11-18(20)21)19-24(22,23)16-6-4-3-5-7-16/h2-8,11,15,19H,1,9-10,12-13H2. The number of rotatable bonds is 5. The molecule has 1 aromatic heterocycles. The number of benzene rings is 1. The lowest BCUT2D eigenvalue weighted by Crippen LogP contribution is -2.40. The highest BCUT2D eigenvalue weighted by Crippen LogP contribution is 2.22. The number of pyridine rings is 1. The quantitative estimate of drug-likeness (QED) is 0.842. The fourth-order valence-corrected chi connectivity index (χ4v) is 4.43. The van der Waals surface area contributed by atoms with E-state index in [1.165, 1.54) is 6.07 Å². The first-order chi connectivity index (χ1) is 11.5. The molecule has 6 heteroatoms. The normalized spacial score (nSPS) is 17.2. The van der Waals surface area contributed by atoms with Crippen LogP contribution in [-0.4, -0.2) is 19.0 Å². The number of nitrogens with zero attached hydrogens (tertiary/aromatic N) is 1. The molecule has 0 aliphatic heterocycles. The molecule has 0 spiro atoms. The molecule has 126 valence electrons. The van der Waals surface area contributed by atoms with Crippen LogP contribution >= 0.6 is 0 Å². The van der Waals surface area contributed by atoms with Crippen LogP contribution in [0.1, 0.15) is 17.7 Å². The number of hydrogen-bond donors (Lipinski definition) is 1. The Labute approximate surface area is 141 Å². The maximum Gasteiger partial charge on any atom is 0.251 e. The fourth-order valence-electron chi connectivity index (χ4n) is 3.14. The molecule has 3 rings (SSSR count). The Hall–Kier alpha value is -2.18. The highest BCUT2D eigenvalue weighted by Gasteiger charge is 2.25. The second kappa shape index (κ2) is 6.75. The van der Waals surface area contributed by atoms with Crippen molar-refractivity contribution < 1.29 is 8.42 Å². The number of aromatic nitrogens is 1. The molecule has 0 bridgehead atoms. The molecule has 1 aliphatic rings. The minimum Gasteiger partial charge on any atom is -0.309 e. The second-order valence-electron chi connectivity index (χ2n) is 5.92. The van der Waals surface area contributed by atoms with Crippen LogP contribution in [0.25, 0.3) is 0 Å². The van der Waals surface area contributed by atoms with Gasteiger partial charge in [0.15, 0.2) is 0 Å². The first kappa shape index (κ1) is 16.7. The Balaban J connectivity index is 1.82. The van der Waals surface area contributed by atoms with Gasteiger partial charge in [-0.1, -0.05) is 30.3 Å². The number of allylic oxidation sites excluding steroid dienone is 1. The van der Waals surface area contributed by atoms with Crippen molar-refractivity contribution in [2.45, 2.75) is 36.7 Å². The monoisotopic (exact) mass is 344 g/mol. The maximum atomic E-state index is 12.5. The fraction of sp³-hybridized carbons (Fsp3) is 0.278. The molecule has 1 unspecified atom stereocenters. The van der Waals surface area contributed by atoms with E-state index < -0.39 is 10.0 Å². The van der Waals surface area contributed by atoms with Crippen molar-refractivity contribution in [3.05, 3.63) is 76.7 Å². The van der Waals surface area contributed by atoms with Crippen molar-refractivity contribution in [1.82, 2.24) is 9.29 Å². The summed E-state index contributed by atoms with van der Waals surface area (Å²) in [5.74, 6) is 0. The maximum absolute atomic E-state index is 12.5. The highest BCUT2D eigenvalue weighted by molar-refractivity contribution is 7.89. The van der Waals surface area contributed by atoms with Gasteiger partial charge in [0.25, 0.3) is 5.56 Å². The zero-order chi connectivity index (χ0) is 17.2. The number of sulfonamides is 1. The smallest absolute Gasteiger partial charge is 0.251 e. The first-order valence-corrected chi connectivity index (χ1v) is 9.39. The van der Waals surface area contributed by atoms with Crippen molar-refractivity contribution in [2.75, 3.05) is 0 Å². The van der Waals surface area contributed by atoms with Crippen LogP contribution < -0.4 is 10.3 Å². The summed E-state index contributed by atoms with van der Waals surface area (Å²) in [4.78, 5) is 12.3. The van der Waals surface area contributed by atoms with E-state index in [1.807, 2.05) is 0 Å². The summed E-state index contributed by atoms with van der Waals surface area (Å²) in [5.41, 5.74) is 1.96. The van der Waals surface area contributed by atoms with Crippen molar-refractivity contribution in [2.24, 2.45) is 0 Å². The van der Waals surface area contributed by atoms with Gasteiger partial charge in [-0.2, -0.15) is 0 Å².